The summed E-state index contributed by atoms with van der Waals surface area (Å²) in [6.45, 7) is 6.34. The number of hydrogen-bond donors (Lipinski definition) is 0. The van der Waals surface area contributed by atoms with Crippen molar-refractivity contribution in [1.29, 1.82) is 0 Å². The Morgan fingerprint density at radius 1 is 0.886 bits per heavy atom. The third-order valence-electron chi connectivity index (χ3n) is 6.38. The van der Waals surface area contributed by atoms with Crippen molar-refractivity contribution in [3.05, 3.63) is 93.8 Å². The van der Waals surface area contributed by atoms with Crippen molar-refractivity contribution in [2.45, 2.75) is 20.4 Å². The second-order valence-corrected chi connectivity index (χ2v) is 9.31. The topological polar surface area (TPSA) is 71.3 Å². The zero-order valence-electron chi connectivity index (χ0n) is 19.7. The van der Waals surface area contributed by atoms with Gasteiger partial charge in [0.2, 0.25) is 0 Å². The molecule has 1 fully saturated rings. The molecule has 0 radical (unpaired) electrons. The van der Waals surface area contributed by atoms with Crippen LogP contribution < -0.4 is 0 Å². The van der Waals surface area contributed by atoms with E-state index in [9.17, 15) is 9.59 Å². The molecule has 0 atom stereocenters. The maximum Gasteiger partial charge on any atom is 0.255 e. The Bertz CT molecular complexity index is 1410. The minimum Gasteiger partial charge on any atom is -0.335 e. The SMILES string of the molecule is Cc1ccc(Cn2ncc3c(C(=O)N4CCN(C(=O)c5ccccc5Cl)CC4)cc(C)nc32)cc1. The van der Waals surface area contributed by atoms with Crippen molar-refractivity contribution in [2.75, 3.05) is 26.2 Å². The number of halogens is 1. The maximum atomic E-state index is 13.5. The molecular weight excluding hydrogens is 462 g/mol. The highest BCUT2D eigenvalue weighted by Gasteiger charge is 2.28. The van der Waals surface area contributed by atoms with Crippen molar-refractivity contribution in [2.24, 2.45) is 0 Å². The van der Waals surface area contributed by atoms with Crippen LogP contribution in [0.3, 0.4) is 0 Å². The third-order valence-corrected chi connectivity index (χ3v) is 6.71. The van der Waals surface area contributed by atoms with Gasteiger partial charge in [0.1, 0.15) is 0 Å². The Hall–Kier alpha value is -3.71. The molecule has 3 heterocycles. The number of rotatable bonds is 4. The molecule has 178 valence electrons. The number of carbonyl (C=O) groups excluding carboxylic acids is 2. The predicted molar refractivity (Wildman–Crippen MR) is 136 cm³/mol. The van der Waals surface area contributed by atoms with E-state index >= 15 is 0 Å². The van der Waals surface area contributed by atoms with Crippen LogP contribution in [0.4, 0.5) is 0 Å². The van der Waals surface area contributed by atoms with Gasteiger partial charge in [0, 0.05) is 31.9 Å². The summed E-state index contributed by atoms with van der Waals surface area (Å²) in [5.41, 5.74) is 4.86. The monoisotopic (exact) mass is 487 g/mol. The van der Waals surface area contributed by atoms with Crippen LogP contribution in [0.15, 0.2) is 60.8 Å². The van der Waals surface area contributed by atoms with Crippen molar-refractivity contribution >= 4 is 34.4 Å². The molecule has 2 aromatic heterocycles. The van der Waals surface area contributed by atoms with Crippen molar-refractivity contribution < 1.29 is 9.59 Å². The van der Waals surface area contributed by atoms with Crippen LogP contribution >= 0.6 is 11.6 Å². The first-order chi connectivity index (χ1) is 16.9. The standard InChI is InChI=1S/C27H26ClN5O2/c1-18-7-9-20(10-8-18)17-33-25-23(16-29-33)22(15-19(2)30-25)27(35)32-13-11-31(12-14-32)26(34)21-5-3-4-6-24(21)28/h3-10,15-16H,11-14,17H2,1-2H3. The van der Waals surface area contributed by atoms with Gasteiger partial charge in [-0.3, -0.25) is 9.59 Å². The van der Waals surface area contributed by atoms with E-state index in [-0.39, 0.29) is 11.8 Å². The van der Waals surface area contributed by atoms with Gasteiger partial charge in [-0.2, -0.15) is 5.10 Å². The van der Waals surface area contributed by atoms with Crippen LogP contribution in [0.25, 0.3) is 11.0 Å². The van der Waals surface area contributed by atoms with E-state index < -0.39 is 0 Å². The number of fused-ring (bicyclic) bond motifs is 1. The largest absolute Gasteiger partial charge is 0.335 e. The van der Waals surface area contributed by atoms with Crippen LogP contribution in [0.5, 0.6) is 0 Å². The van der Waals surface area contributed by atoms with Gasteiger partial charge in [-0.05, 0) is 37.6 Å². The summed E-state index contributed by atoms with van der Waals surface area (Å²) in [4.78, 5) is 34.6. The lowest BCUT2D eigenvalue weighted by atomic mass is 10.1. The van der Waals surface area contributed by atoms with Gasteiger partial charge >= 0.3 is 0 Å². The van der Waals surface area contributed by atoms with Gasteiger partial charge in [0.25, 0.3) is 11.8 Å². The molecule has 8 heteroatoms. The molecular formula is C27H26ClN5O2. The first-order valence-electron chi connectivity index (χ1n) is 11.6. The Kier molecular flexibility index (Phi) is 6.26. The molecule has 1 aliphatic rings. The molecule has 1 saturated heterocycles. The summed E-state index contributed by atoms with van der Waals surface area (Å²) in [6, 6.07) is 17.2. The molecule has 0 bridgehead atoms. The third kappa shape index (κ3) is 4.64. The molecule has 0 spiro atoms. The quantitative estimate of drug-likeness (QED) is 0.429. The fraction of sp³-hybridized carbons (Fsp3) is 0.259. The van der Waals surface area contributed by atoms with Gasteiger partial charge in [-0.1, -0.05) is 53.6 Å². The van der Waals surface area contributed by atoms with Crippen LogP contribution in [0, 0.1) is 13.8 Å². The van der Waals surface area contributed by atoms with Crippen LogP contribution in [0.2, 0.25) is 5.02 Å². The van der Waals surface area contributed by atoms with E-state index in [1.165, 1.54) is 5.56 Å². The average molecular weight is 488 g/mol. The Balaban J connectivity index is 1.34. The number of aromatic nitrogens is 3. The first-order valence-corrected chi connectivity index (χ1v) is 12.0. The highest BCUT2D eigenvalue weighted by atomic mass is 35.5. The summed E-state index contributed by atoms with van der Waals surface area (Å²) in [7, 11) is 0. The normalized spacial score (nSPS) is 13.9. The molecule has 5 rings (SSSR count). The van der Waals surface area contributed by atoms with Gasteiger partial charge in [-0.25, -0.2) is 9.67 Å². The molecule has 0 aliphatic carbocycles. The van der Waals surface area contributed by atoms with E-state index in [4.69, 9.17) is 11.6 Å². The molecule has 4 aromatic rings. The smallest absolute Gasteiger partial charge is 0.255 e. The van der Waals surface area contributed by atoms with Crippen LogP contribution in [-0.4, -0.2) is 62.6 Å². The molecule has 2 aromatic carbocycles. The van der Waals surface area contributed by atoms with Gasteiger partial charge in [0.05, 0.1) is 34.3 Å². The number of amides is 2. The van der Waals surface area contributed by atoms with Crippen molar-refractivity contribution in [3.63, 3.8) is 0 Å². The maximum absolute atomic E-state index is 13.5. The van der Waals surface area contributed by atoms with Gasteiger partial charge < -0.3 is 9.80 Å². The molecule has 7 nitrogen and oxygen atoms in total. The number of piperazine rings is 1. The van der Waals surface area contributed by atoms with Crippen molar-refractivity contribution in [3.8, 4) is 0 Å². The van der Waals surface area contributed by atoms with Crippen molar-refractivity contribution in [1.82, 2.24) is 24.6 Å². The summed E-state index contributed by atoms with van der Waals surface area (Å²) in [5, 5.41) is 5.71. The van der Waals surface area contributed by atoms with E-state index in [0.29, 0.717) is 54.5 Å². The average Bonchev–Trinajstić information content (AvgIpc) is 3.26. The lowest BCUT2D eigenvalue weighted by Crippen LogP contribution is -2.50. The fourth-order valence-electron chi connectivity index (χ4n) is 4.42. The summed E-state index contributed by atoms with van der Waals surface area (Å²) < 4.78 is 1.84. The molecule has 35 heavy (non-hydrogen) atoms. The number of carbonyl (C=O) groups is 2. The molecule has 0 unspecified atom stereocenters. The highest BCUT2D eigenvalue weighted by Crippen LogP contribution is 2.23. The van der Waals surface area contributed by atoms with E-state index in [1.54, 1.807) is 40.3 Å². The van der Waals surface area contributed by atoms with E-state index in [2.05, 4.69) is 41.3 Å². The number of hydrogen-bond acceptors (Lipinski definition) is 4. The lowest BCUT2D eigenvalue weighted by Gasteiger charge is -2.35. The van der Waals surface area contributed by atoms with Crippen LogP contribution in [0.1, 0.15) is 37.5 Å². The van der Waals surface area contributed by atoms with Gasteiger partial charge in [-0.15, -0.1) is 0 Å². The minimum atomic E-state index is -0.109. The number of pyridine rings is 1. The Morgan fingerprint density at radius 2 is 1.51 bits per heavy atom. The zero-order chi connectivity index (χ0) is 24.5. The van der Waals surface area contributed by atoms with E-state index in [0.717, 1.165) is 16.6 Å². The second kappa shape index (κ2) is 9.50. The first kappa shape index (κ1) is 23.1. The second-order valence-electron chi connectivity index (χ2n) is 8.90. The fourth-order valence-corrected chi connectivity index (χ4v) is 4.64. The molecule has 2 amide bonds. The lowest BCUT2D eigenvalue weighted by molar-refractivity contribution is 0.0536. The van der Waals surface area contributed by atoms with Gasteiger partial charge in [0.15, 0.2) is 5.65 Å². The summed E-state index contributed by atoms with van der Waals surface area (Å²) in [5.74, 6) is -0.178. The van der Waals surface area contributed by atoms with E-state index in [1.807, 2.05) is 17.7 Å². The zero-order valence-corrected chi connectivity index (χ0v) is 20.5. The number of aryl methyl sites for hydroxylation is 2. The van der Waals surface area contributed by atoms with Crippen LogP contribution in [-0.2, 0) is 6.54 Å². The predicted octanol–water partition coefficient (Wildman–Crippen LogP) is 4.35. The summed E-state index contributed by atoms with van der Waals surface area (Å²) >= 11 is 6.20. The number of nitrogens with zero attached hydrogens (tertiary/aromatic N) is 5. The highest BCUT2D eigenvalue weighted by molar-refractivity contribution is 6.33. The molecule has 1 aliphatic heterocycles. The Labute approximate surface area is 208 Å². The Morgan fingerprint density at radius 3 is 2.17 bits per heavy atom. The molecule has 0 saturated carbocycles. The minimum absolute atomic E-state index is 0.0692. The molecule has 0 N–H and O–H groups in total. The number of benzene rings is 2. The summed E-state index contributed by atoms with van der Waals surface area (Å²) in [6.07, 6.45) is 1.72.